The van der Waals surface area contributed by atoms with Gasteiger partial charge in [-0.15, -0.1) is 0 Å². The molecule has 0 fully saturated rings. The van der Waals surface area contributed by atoms with Crippen molar-refractivity contribution in [1.29, 1.82) is 5.26 Å². The smallest absolute Gasteiger partial charge is 0.416 e. The molecule has 0 radical (unpaired) electrons. The molecule has 1 amide bonds. The Hall–Kier alpha value is -3.11. The summed E-state index contributed by atoms with van der Waals surface area (Å²) in [7, 11) is 0. The SMILES string of the molecule is CCc1cnn2c(N(Cc3cccc(C#N)c3)C(=O)OC(C)(C)C)cc(Cl)nc12. The maximum Gasteiger partial charge on any atom is 0.416 e. The van der Waals surface area contributed by atoms with Gasteiger partial charge >= 0.3 is 6.09 Å². The molecule has 0 unspecified atom stereocenters. The van der Waals surface area contributed by atoms with Crippen molar-refractivity contribution < 1.29 is 9.53 Å². The molecule has 0 aliphatic carbocycles. The number of ether oxygens (including phenoxy) is 1. The molecule has 7 nitrogen and oxygen atoms in total. The van der Waals surface area contributed by atoms with Crippen LogP contribution in [-0.2, 0) is 17.7 Å². The van der Waals surface area contributed by atoms with Crippen LogP contribution in [0.2, 0.25) is 5.15 Å². The van der Waals surface area contributed by atoms with Crippen LogP contribution in [0.1, 0.15) is 44.4 Å². The summed E-state index contributed by atoms with van der Waals surface area (Å²) < 4.78 is 7.21. The molecule has 0 atom stereocenters. The summed E-state index contributed by atoms with van der Waals surface area (Å²) in [5.41, 5.74) is 2.12. The summed E-state index contributed by atoms with van der Waals surface area (Å²) in [5, 5.41) is 13.8. The molecule has 150 valence electrons. The van der Waals surface area contributed by atoms with Crippen molar-refractivity contribution in [2.24, 2.45) is 0 Å². The Morgan fingerprint density at radius 3 is 2.76 bits per heavy atom. The van der Waals surface area contributed by atoms with Crippen LogP contribution in [0.3, 0.4) is 0 Å². The second-order valence-corrected chi connectivity index (χ2v) is 7.96. The molecule has 2 aromatic heterocycles. The minimum Gasteiger partial charge on any atom is -0.443 e. The third-order valence-corrected chi connectivity index (χ3v) is 4.36. The van der Waals surface area contributed by atoms with E-state index in [-0.39, 0.29) is 11.7 Å². The van der Waals surface area contributed by atoms with Gasteiger partial charge in [-0.25, -0.2) is 9.78 Å². The first kappa shape index (κ1) is 20.6. The molecule has 0 spiro atoms. The molecule has 29 heavy (non-hydrogen) atoms. The Balaban J connectivity index is 2.12. The lowest BCUT2D eigenvalue weighted by Gasteiger charge is -2.27. The monoisotopic (exact) mass is 411 g/mol. The van der Waals surface area contributed by atoms with Gasteiger partial charge in [-0.3, -0.25) is 4.90 Å². The normalized spacial score (nSPS) is 11.3. The van der Waals surface area contributed by atoms with Crippen LogP contribution in [0, 0.1) is 11.3 Å². The zero-order valence-corrected chi connectivity index (χ0v) is 17.6. The number of halogens is 1. The summed E-state index contributed by atoms with van der Waals surface area (Å²) in [6.07, 6.45) is 1.90. The summed E-state index contributed by atoms with van der Waals surface area (Å²) in [6, 6.07) is 10.8. The summed E-state index contributed by atoms with van der Waals surface area (Å²) in [4.78, 5) is 18.9. The molecule has 8 heteroatoms. The van der Waals surface area contributed by atoms with Gasteiger partial charge in [0.05, 0.1) is 24.4 Å². The maximum absolute atomic E-state index is 13.1. The third-order valence-electron chi connectivity index (χ3n) is 4.16. The van der Waals surface area contributed by atoms with Gasteiger partial charge in [0.1, 0.15) is 16.6 Å². The van der Waals surface area contributed by atoms with Crippen molar-refractivity contribution in [3.63, 3.8) is 0 Å². The van der Waals surface area contributed by atoms with Crippen molar-refractivity contribution in [3.8, 4) is 6.07 Å². The van der Waals surface area contributed by atoms with Crippen LogP contribution < -0.4 is 4.90 Å². The summed E-state index contributed by atoms with van der Waals surface area (Å²) >= 11 is 6.27. The number of nitrogens with zero attached hydrogens (tertiary/aromatic N) is 5. The number of aromatic nitrogens is 3. The van der Waals surface area contributed by atoms with E-state index in [1.807, 2.05) is 13.0 Å². The van der Waals surface area contributed by atoms with Gasteiger partial charge in [0, 0.05) is 11.6 Å². The number of fused-ring (bicyclic) bond motifs is 1. The molecular formula is C21H22ClN5O2. The highest BCUT2D eigenvalue weighted by Gasteiger charge is 2.27. The lowest BCUT2D eigenvalue weighted by molar-refractivity contribution is 0.0575. The molecule has 3 aromatic rings. The predicted octanol–water partition coefficient (Wildman–Crippen LogP) is 4.76. The Morgan fingerprint density at radius 1 is 1.34 bits per heavy atom. The number of hydrogen-bond donors (Lipinski definition) is 0. The van der Waals surface area contributed by atoms with E-state index in [2.05, 4.69) is 16.2 Å². The minimum absolute atomic E-state index is 0.182. The van der Waals surface area contributed by atoms with E-state index in [0.29, 0.717) is 17.0 Å². The quantitative estimate of drug-likeness (QED) is 0.578. The highest BCUT2D eigenvalue weighted by molar-refractivity contribution is 6.29. The highest BCUT2D eigenvalue weighted by atomic mass is 35.5. The predicted molar refractivity (Wildman–Crippen MR) is 111 cm³/mol. The van der Waals surface area contributed by atoms with E-state index >= 15 is 0 Å². The van der Waals surface area contributed by atoms with E-state index in [9.17, 15) is 10.1 Å². The minimum atomic E-state index is -0.682. The lowest BCUT2D eigenvalue weighted by Crippen LogP contribution is -2.37. The number of rotatable bonds is 4. The van der Waals surface area contributed by atoms with Crippen molar-refractivity contribution in [2.75, 3.05) is 4.90 Å². The first-order valence-electron chi connectivity index (χ1n) is 9.24. The standard InChI is InChI=1S/C21H22ClN5O2/c1-5-16-12-24-27-18(10-17(22)25-19(16)27)26(20(28)29-21(2,3)4)13-15-8-6-7-14(9-15)11-23/h6-10,12H,5,13H2,1-4H3. The number of hydrogen-bond acceptors (Lipinski definition) is 5. The molecule has 2 heterocycles. The van der Waals surface area contributed by atoms with Gasteiger partial charge in [0.2, 0.25) is 0 Å². The lowest BCUT2D eigenvalue weighted by atomic mass is 10.1. The van der Waals surface area contributed by atoms with Gasteiger partial charge < -0.3 is 4.74 Å². The van der Waals surface area contributed by atoms with Gasteiger partial charge in [-0.2, -0.15) is 14.9 Å². The molecule has 3 rings (SSSR count). The number of amides is 1. The van der Waals surface area contributed by atoms with Crippen molar-refractivity contribution >= 4 is 29.2 Å². The first-order valence-corrected chi connectivity index (χ1v) is 9.62. The fourth-order valence-electron chi connectivity index (χ4n) is 2.88. The van der Waals surface area contributed by atoms with Crippen LogP contribution in [-0.4, -0.2) is 26.3 Å². The van der Waals surface area contributed by atoms with Gasteiger partial charge in [0.15, 0.2) is 5.65 Å². The Bertz CT molecular complexity index is 1090. The Labute approximate surface area is 174 Å². The van der Waals surface area contributed by atoms with Crippen LogP contribution in [0.4, 0.5) is 10.6 Å². The van der Waals surface area contributed by atoms with E-state index in [1.165, 1.54) is 4.90 Å². The molecule has 0 bridgehead atoms. The number of anilines is 1. The Kier molecular flexibility index (Phi) is 5.76. The number of carbonyl (C=O) groups is 1. The zero-order chi connectivity index (χ0) is 21.2. The second kappa shape index (κ2) is 8.10. The second-order valence-electron chi connectivity index (χ2n) is 7.57. The van der Waals surface area contributed by atoms with Gasteiger partial charge in [-0.1, -0.05) is 30.7 Å². The van der Waals surface area contributed by atoms with E-state index in [0.717, 1.165) is 17.5 Å². The average molecular weight is 412 g/mol. The number of benzene rings is 1. The van der Waals surface area contributed by atoms with Crippen molar-refractivity contribution in [1.82, 2.24) is 14.6 Å². The van der Waals surface area contributed by atoms with Crippen molar-refractivity contribution in [3.05, 3.63) is 58.4 Å². The van der Waals surface area contributed by atoms with Gasteiger partial charge in [0.25, 0.3) is 0 Å². The summed E-state index contributed by atoms with van der Waals surface area (Å²) in [5.74, 6) is 0.441. The highest BCUT2D eigenvalue weighted by Crippen LogP contribution is 2.26. The van der Waals surface area contributed by atoms with Crippen LogP contribution >= 0.6 is 11.6 Å². The van der Waals surface area contributed by atoms with Gasteiger partial charge in [-0.05, 0) is 44.9 Å². The van der Waals surface area contributed by atoms with E-state index < -0.39 is 11.7 Å². The molecule has 0 saturated carbocycles. The number of carbonyl (C=O) groups excluding carboxylic acids is 1. The molecule has 0 aliphatic rings. The Morgan fingerprint density at radius 2 is 2.10 bits per heavy atom. The van der Waals surface area contributed by atoms with Crippen LogP contribution in [0.5, 0.6) is 0 Å². The first-order chi connectivity index (χ1) is 13.7. The summed E-state index contributed by atoms with van der Waals surface area (Å²) in [6.45, 7) is 7.59. The van der Waals surface area contributed by atoms with E-state index in [1.54, 1.807) is 55.7 Å². The molecule has 1 aromatic carbocycles. The molecule has 0 aliphatic heterocycles. The average Bonchev–Trinajstić information content (AvgIpc) is 3.07. The van der Waals surface area contributed by atoms with E-state index in [4.69, 9.17) is 16.3 Å². The maximum atomic E-state index is 13.1. The fraction of sp³-hybridized carbons (Fsp3) is 0.333. The molecule has 0 saturated heterocycles. The van der Waals surface area contributed by atoms with Crippen molar-refractivity contribution in [2.45, 2.75) is 46.3 Å². The largest absolute Gasteiger partial charge is 0.443 e. The molecular weight excluding hydrogens is 390 g/mol. The fourth-order valence-corrected chi connectivity index (χ4v) is 3.06. The molecule has 0 N–H and O–H groups in total. The topological polar surface area (TPSA) is 83.5 Å². The van der Waals surface area contributed by atoms with Crippen LogP contribution in [0.25, 0.3) is 5.65 Å². The number of nitriles is 1. The zero-order valence-electron chi connectivity index (χ0n) is 16.8. The van der Waals surface area contributed by atoms with Crippen LogP contribution in [0.15, 0.2) is 36.5 Å². The number of aryl methyl sites for hydroxylation is 1. The third kappa shape index (κ3) is 4.66.